The van der Waals surface area contributed by atoms with Gasteiger partial charge in [-0.1, -0.05) is 109 Å². The van der Waals surface area contributed by atoms with Crippen molar-refractivity contribution < 1.29 is 4.42 Å². The zero-order valence-corrected chi connectivity index (χ0v) is 28.9. The maximum Gasteiger partial charge on any atom is 0.227 e. The van der Waals surface area contributed by atoms with Gasteiger partial charge in [-0.25, -0.2) is 4.98 Å². The highest BCUT2D eigenvalue weighted by Crippen LogP contribution is 2.48. The van der Waals surface area contributed by atoms with Crippen LogP contribution in [0.3, 0.4) is 0 Å². The summed E-state index contributed by atoms with van der Waals surface area (Å²) in [6, 6.07) is 66.0. The van der Waals surface area contributed by atoms with E-state index in [1.54, 1.807) is 0 Å². The first-order valence-electron chi connectivity index (χ1n) is 17.4. The predicted molar refractivity (Wildman–Crippen MR) is 219 cm³/mol. The molecule has 0 radical (unpaired) electrons. The third-order valence-corrected chi connectivity index (χ3v) is 10.9. The van der Waals surface area contributed by atoms with Crippen molar-refractivity contribution in [1.29, 1.82) is 0 Å². The third kappa shape index (κ3) is 5.10. The van der Waals surface area contributed by atoms with E-state index < -0.39 is 0 Å². The fourth-order valence-corrected chi connectivity index (χ4v) is 8.51. The number of rotatable bonds is 7. The molecule has 0 bridgehead atoms. The second-order valence-corrected chi connectivity index (χ2v) is 13.8. The number of oxazole rings is 1. The Labute approximate surface area is 305 Å². The molecule has 0 spiro atoms. The molecule has 0 fully saturated rings. The molecule has 2 heterocycles. The van der Waals surface area contributed by atoms with Crippen molar-refractivity contribution in [3.05, 3.63) is 188 Å². The van der Waals surface area contributed by atoms with Gasteiger partial charge in [0.2, 0.25) is 5.89 Å². The Kier molecular flexibility index (Phi) is 7.29. The topological polar surface area (TPSA) is 32.5 Å². The maximum atomic E-state index is 6.68. The molecule has 0 unspecified atom stereocenters. The summed E-state index contributed by atoms with van der Waals surface area (Å²) in [5.74, 6) is 0.597. The Morgan fingerprint density at radius 1 is 0.423 bits per heavy atom. The number of fused-ring (bicyclic) bond motifs is 6. The average Bonchev–Trinajstić information content (AvgIpc) is 3.83. The van der Waals surface area contributed by atoms with Crippen LogP contribution in [0, 0.1) is 0 Å². The lowest BCUT2D eigenvalue weighted by atomic mass is 10.0. The van der Waals surface area contributed by atoms with Gasteiger partial charge in [-0.05, 0) is 72.8 Å². The molecule has 4 nitrogen and oxygen atoms in total. The molecular formula is C47H31N3OS. The van der Waals surface area contributed by atoms with Crippen LogP contribution in [-0.4, -0.2) is 4.98 Å². The molecule has 0 aliphatic carbocycles. The predicted octanol–water partition coefficient (Wildman–Crippen LogP) is 14.0. The van der Waals surface area contributed by atoms with E-state index in [4.69, 9.17) is 9.40 Å². The molecule has 10 rings (SSSR count). The second kappa shape index (κ2) is 12.6. The third-order valence-electron chi connectivity index (χ3n) is 9.64. The summed E-state index contributed by atoms with van der Waals surface area (Å²) in [7, 11) is 0. The fraction of sp³-hybridized carbons (Fsp3) is 0. The number of nitrogens with zero attached hydrogens (tertiary/aromatic N) is 3. The van der Waals surface area contributed by atoms with Crippen LogP contribution in [0.2, 0.25) is 0 Å². The SMILES string of the molecule is c1ccc(-c2nc3c(cc(N(c4ccccc4)c4cccc5c4sc4ccccc45)c4ccc(N(c5ccccc5)c5ccccc5)cc43)o2)cc1. The Bertz CT molecular complexity index is 2810. The highest BCUT2D eigenvalue weighted by Gasteiger charge is 2.24. The first-order chi connectivity index (χ1) is 25.8. The van der Waals surface area contributed by atoms with E-state index in [9.17, 15) is 0 Å². The van der Waals surface area contributed by atoms with Gasteiger partial charge in [0.05, 0.1) is 16.1 Å². The lowest BCUT2D eigenvalue weighted by Crippen LogP contribution is -2.11. The Morgan fingerprint density at radius 2 is 1.02 bits per heavy atom. The van der Waals surface area contributed by atoms with Gasteiger partial charge in [-0.2, -0.15) is 0 Å². The fourth-order valence-electron chi connectivity index (χ4n) is 7.30. The monoisotopic (exact) mass is 685 g/mol. The number of benzene rings is 8. The zero-order valence-electron chi connectivity index (χ0n) is 28.1. The molecule has 0 N–H and O–H groups in total. The number of hydrogen-bond acceptors (Lipinski definition) is 5. The van der Waals surface area contributed by atoms with Crippen LogP contribution in [0.4, 0.5) is 34.1 Å². The largest absolute Gasteiger partial charge is 0.436 e. The van der Waals surface area contributed by atoms with Crippen LogP contribution in [0.25, 0.3) is 53.5 Å². The first-order valence-corrected chi connectivity index (χ1v) is 18.2. The van der Waals surface area contributed by atoms with E-state index >= 15 is 0 Å². The summed E-state index contributed by atoms with van der Waals surface area (Å²) >= 11 is 1.83. The van der Waals surface area contributed by atoms with Gasteiger partial charge >= 0.3 is 0 Å². The van der Waals surface area contributed by atoms with E-state index in [1.807, 2.05) is 41.7 Å². The average molecular weight is 686 g/mol. The van der Waals surface area contributed by atoms with E-state index in [0.717, 1.165) is 61.6 Å². The standard InChI is InChI=1S/C47H31N3OS/c1-5-16-32(17-6-1)47-48-45-40-30-36(49(33-18-7-2-8-19-33)34-20-9-3-10-21-34)28-29-37(40)42(31-43(45)51-47)50(35-22-11-4-12-23-35)41-26-15-25-39-38-24-13-14-27-44(38)52-46(39)41/h1-31H. The summed E-state index contributed by atoms with van der Waals surface area (Å²) in [6.07, 6.45) is 0. The molecule has 10 aromatic rings. The molecule has 0 amide bonds. The van der Waals surface area contributed by atoms with Crippen molar-refractivity contribution in [3.63, 3.8) is 0 Å². The lowest BCUT2D eigenvalue weighted by Gasteiger charge is -2.28. The van der Waals surface area contributed by atoms with Gasteiger partial charge in [0.15, 0.2) is 5.58 Å². The Morgan fingerprint density at radius 3 is 1.71 bits per heavy atom. The van der Waals surface area contributed by atoms with Gasteiger partial charge in [0.25, 0.3) is 0 Å². The van der Waals surface area contributed by atoms with E-state index in [2.05, 4.69) is 168 Å². The molecule has 0 saturated carbocycles. The van der Waals surface area contributed by atoms with Crippen LogP contribution in [0.5, 0.6) is 0 Å². The summed E-state index contributed by atoms with van der Waals surface area (Å²) < 4.78 is 9.19. The summed E-state index contributed by atoms with van der Waals surface area (Å²) in [5.41, 5.74) is 8.89. The number of para-hydroxylation sites is 3. The number of hydrogen-bond donors (Lipinski definition) is 0. The number of thiophene rings is 1. The summed E-state index contributed by atoms with van der Waals surface area (Å²) in [6.45, 7) is 0. The van der Waals surface area contributed by atoms with Crippen LogP contribution in [0.15, 0.2) is 192 Å². The molecule has 0 aliphatic heterocycles. The molecule has 0 atom stereocenters. The van der Waals surface area contributed by atoms with Crippen LogP contribution in [0.1, 0.15) is 0 Å². The van der Waals surface area contributed by atoms with Gasteiger partial charge in [0.1, 0.15) is 5.52 Å². The van der Waals surface area contributed by atoms with Crippen LogP contribution >= 0.6 is 11.3 Å². The van der Waals surface area contributed by atoms with Gasteiger partial charge in [-0.15, -0.1) is 11.3 Å². The van der Waals surface area contributed by atoms with E-state index in [-0.39, 0.29) is 0 Å². The van der Waals surface area contributed by atoms with Crippen molar-refractivity contribution in [1.82, 2.24) is 4.98 Å². The molecule has 0 saturated heterocycles. The van der Waals surface area contributed by atoms with Gasteiger partial charge in [-0.3, -0.25) is 0 Å². The smallest absolute Gasteiger partial charge is 0.227 e. The van der Waals surface area contributed by atoms with Gasteiger partial charge in [0, 0.05) is 60.6 Å². The van der Waals surface area contributed by atoms with Crippen molar-refractivity contribution in [2.45, 2.75) is 0 Å². The van der Waals surface area contributed by atoms with Crippen LogP contribution in [-0.2, 0) is 0 Å². The number of aromatic nitrogens is 1. The molecular weight excluding hydrogens is 655 g/mol. The van der Waals surface area contributed by atoms with Gasteiger partial charge < -0.3 is 14.2 Å². The molecule has 5 heteroatoms. The molecule has 246 valence electrons. The van der Waals surface area contributed by atoms with Crippen molar-refractivity contribution >= 4 is 87.5 Å². The lowest BCUT2D eigenvalue weighted by molar-refractivity contribution is 0.620. The quantitative estimate of drug-likeness (QED) is 0.167. The molecule has 0 aliphatic rings. The maximum absolute atomic E-state index is 6.68. The Balaban J connectivity index is 1.28. The zero-order chi connectivity index (χ0) is 34.4. The Hall–Kier alpha value is -6.69. The number of anilines is 6. The summed E-state index contributed by atoms with van der Waals surface area (Å²) in [5, 5.41) is 4.61. The van der Waals surface area contributed by atoms with Crippen molar-refractivity contribution in [2.75, 3.05) is 9.80 Å². The minimum atomic E-state index is 0.597. The molecule has 2 aromatic heterocycles. The first kappa shape index (κ1) is 30.2. The van der Waals surface area contributed by atoms with E-state index in [1.165, 1.54) is 20.2 Å². The minimum absolute atomic E-state index is 0.597. The van der Waals surface area contributed by atoms with Crippen molar-refractivity contribution in [2.24, 2.45) is 0 Å². The molecule has 52 heavy (non-hydrogen) atoms. The minimum Gasteiger partial charge on any atom is -0.436 e. The van der Waals surface area contributed by atoms with Crippen molar-refractivity contribution in [3.8, 4) is 11.5 Å². The normalized spacial score (nSPS) is 11.5. The highest BCUT2D eigenvalue weighted by molar-refractivity contribution is 7.26. The highest BCUT2D eigenvalue weighted by atomic mass is 32.1. The van der Waals surface area contributed by atoms with Crippen LogP contribution < -0.4 is 9.80 Å². The molecule has 8 aromatic carbocycles. The van der Waals surface area contributed by atoms with E-state index in [0.29, 0.717) is 5.89 Å². The summed E-state index contributed by atoms with van der Waals surface area (Å²) in [4.78, 5) is 9.86. The second-order valence-electron chi connectivity index (χ2n) is 12.8.